The van der Waals surface area contributed by atoms with Gasteiger partial charge in [-0.3, -0.25) is 10.6 Å². The molecule has 13 heteroatoms. The molecule has 1 saturated carbocycles. The predicted molar refractivity (Wildman–Crippen MR) is 265 cm³/mol. The molecule has 9 N–H and O–H groups in total. The summed E-state index contributed by atoms with van der Waals surface area (Å²) in [5.74, 6) is 8.97. The number of hydrogen-bond acceptors (Lipinski definition) is 12. The molecule has 4 aromatic carbocycles. The summed E-state index contributed by atoms with van der Waals surface area (Å²) in [5, 5.41) is 66.8. The summed E-state index contributed by atoms with van der Waals surface area (Å²) >= 11 is 0. The van der Waals surface area contributed by atoms with Crippen LogP contribution in [0.25, 0.3) is 22.0 Å². The lowest BCUT2D eigenvalue weighted by molar-refractivity contribution is -0.143. The minimum atomic E-state index is -1.23. The number of nitrogens with one attached hydrogen (secondary N) is 4. The lowest BCUT2D eigenvalue weighted by Gasteiger charge is -2.49. The maximum Gasteiger partial charge on any atom is 0.161 e. The van der Waals surface area contributed by atoms with Crippen molar-refractivity contribution in [3.63, 3.8) is 0 Å². The number of aliphatic hydroxyl groups is 3. The van der Waals surface area contributed by atoms with E-state index in [1.165, 1.54) is 5.56 Å². The number of phenols is 2. The second-order valence-electron chi connectivity index (χ2n) is 20.8. The molecule has 10 rings (SSSR count). The molecule has 366 valence electrons. The van der Waals surface area contributed by atoms with Gasteiger partial charge in [0.2, 0.25) is 0 Å². The Hall–Kier alpha value is -5.30. The third-order valence-electron chi connectivity index (χ3n) is 15.0. The number of benzene rings is 4. The van der Waals surface area contributed by atoms with Crippen LogP contribution in [0, 0.1) is 17.8 Å². The summed E-state index contributed by atoms with van der Waals surface area (Å²) in [5.41, 5.74) is 6.72. The first kappa shape index (κ1) is 47.4. The van der Waals surface area contributed by atoms with Crippen LogP contribution in [0.15, 0.2) is 66.9 Å². The van der Waals surface area contributed by atoms with E-state index in [4.69, 9.17) is 18.9 Å². The quantitative estimate of drug-likeness (QED) is 0.0293. The Kier molecular flexibility index (Phi) is 13.6. The Morgan fingerprint density at radius 1 is 0.899 bits per heavy atom. The zero-order valence-corrected chi connectivity index (χ0v) is 40.1. The summed E-state index contributed by atoms with van der Waals surface area (Å²) in [6.45, 7) is 6.47. The van der Waals surface area contributed by atoms with Gasteiger partial charge in [-0.1, -0.05) is 56.7 Å². The van der Waals surface area contributed by atoms with Crippen molar-refractivity contribution in [2.24, 2.45) is 5.92 Å². The number of H-pyrrole nitrogens is 1. The van der Waals surface area contributed by atoms with Crippen molar-refractivity contribution in [1.29, 1.82) is 0 Å². The molecule has 1 aromatic heterocycles. The minimum absolute atomic E-state index is 0.0367. The smallest absolute Gasteiger partial charge is 0.161 e. The summed E-state index contributed by atoms with van der Waals surface area (Å²) in [6, 6.07) is 19.1. The Morgan fingerprint density at radius 3 is 2.55 bits per heavy atom. The average Bonchev–Trinajstić information content (AvgIpc) is 4.04. The first-order valence-corrected chi connectivity index (χ1v) is 25.1. The molecule has 13 nitrogen and oxygen atoms in total. The van der Waals surface area contributed by atoms with E-state index in [9.17, 15) is 25.5 Å². The van der Waals surface area contributed by atoms with Crippen molar-refractivity contribution in [2.75, 3.05) is 33.2 Å². The Morgan fingerprint density at radius 2 is 1.74 bits per heavy atom. The molecule has 0 amide bonds. The van der Waals surface area contributed by atoms with Gasteiger partial charge in [-0.05, 0) is 139 Å². The van der Waals surface area contributed by atoms with E-state index in [0.717, 1.165) is 75.7 Å². The number of ether oxygens (including phenoxy) is 4. The molecule has 5 aliphatic rings. The van der Waals surface area contributed by atoms with Crippen LogP contribution in [0.1, 0.15) is 111 Å². The number of aliphatic hydroxyl groups excluding tert-OH is 2. The molecule has 2 bridgehead atoms. The van der Waals surface area contributed by atoms with Crippen LogP contribution < -0.4 is 30.2 Å². The van der Waals surface area contributed by atoms with Crippen LogP contribution in [0.3, 0.4) is 0 Å². The number of aromatic nitrogens is 1. The Bertz CT molecular complexity index is 2720. The molecule has 4 heterocycles. The topological polar surface area (TPSA) is 190 Å². The van der Waals surface area contributed by atoms with Gasteiger partial charge in [-0.25, -0.2) is 0 Å². The predicted octanol–water partition coefficient (Wildman–Crippen LogP) is 7.18. The molecular weight excluding hydrogens is 873 g/mol. The Labute approximate surface area is 404 Å². The van der Waals surface area contributed by atoms with E-state index in [1.807, 2.05) is 31.3 Å². The number of fused-ring (bicyclic) bond motifs is 13. The third kappa shape index (κ3) is 9.65. The van der Waals surface area contributed by atoms with E-state index in [-0.39, 0.29) is 56.2 Å². The van der Waals surface area contributed by atoms with Crippen molar-refractivity contribution in [3.05, 3.63) is 100 Å². The zero-order chi connectivity index (χ0) is 47.9. The van der Waals surface area contributed by atoms with E-state index in [1.54, 1.807) is 18.2 Å². The van der Waals surface area contributed by atoms with E-state index >= 15 is 0 Å². The van der Waals surface area contributed by atoms with Crippen LogP contribution in [-0.4, -0.2) is 99.2 Å². The number of aromatic amines is 1. The SMILES string of the molecule is CC(C)C[C@@](C)(O)CNCN[C@H]1C#CC[C@H](CO)Oc2cc(ccc2O)[C@H]2Oc3c(c4c(c5c3CC[C@@H](CO)O5)-c3ccc(O)cc3[C@@H](Cc3ccc5[nH]ccc5c3)C4)C[C@]12OCNC1CCCC1. The Balaban J connectivity index is 1.16. The molecule has 5 aromatic rings. The fourth-order valence-corrected chi connectivity index (χ4v) is 11.9. The number of rotatable bonds is 15. The number of aromatic hydroxyl groups is 2. The van der Waals surface area contributed by atoms with Crippen molar-refractivity contribution in [2.45, 2.75) is 139 Å². The van der Waals surface area contributed by atoms with Gasteiger partial charge >= 0.3 is 0 Å². The second kappa shape index (κ2) is 19.8. The molecule has 2 aliphatic carbocycles. The third-order valence-corrected chi connectivity index (χ3v) is 15.0. The summed E-state index contributed by atoms with van der Waals surface area (Å²) < 4.78 is 28.3. The standard InChI is InChI=1S/C56H68N4O9/c1-33(2)26-55(3,65)30-57-31-59-50-10-6-9-40(28-61)67-49-24-36(12-18-48(49)64)54-56(50,66-32-60-38-7-4-5-8-38)27-46-45-23-37(22-34-11-17-47-35(21-34)19-20-58-47)44-25-39(63)13-15-42(44)51(45)53-43(52(46)69-54)16-14-41(29-62)68-53/h11-13,15,17-21,24-25,33,37-38,40-41,50,54,57-65H,4-5,7-9,14,16,22-23,26-32H2,1-3H3/t37-,40+,41-,50-,54+,55+,56-/m0/s1. The second-order valence-corrected chi connectivity index (χ2v) is 20.8. The fraction of sp³-hybridized carbons (Fsp3) is 0.500. The van der Waals surface area contributed by atoms with E-state index in [0.29, 0.717) is 68.3 Å². The monoisotopic (exact) mass is 940 g/mol. The highest BCUT2D eigenvalue weighted by molar-refractivity contribution is 5.85. The van der Waals surface area contributed by atoms with E-state index in [2.05, 4.69) is 70.9 Å². The maximum atomic E-state index is 11.3. The van der Waals surface area contributed by atoms with Crippen LogP contribution in [-0.2, 0) is 30.4 Å². The molecular formula is C56H68N4O9. The van der Waals surface area contributed by atoms with Crippen molar-refractivity contribution >= 4 is 10.9 Å². The summed E-state index contributed by atoms with van der Waals surface area (Å²) in [4.78, 5) is 3.32. The van der Waals surface area contributed by atoms with Crippen molar-refractivity contribution < 1.29 is 44.5 Å². The van der Waals surface area contributed by atoms with Gasteiger partial charge < -0.3 is 54.8 Å². The van der Waals surface area contributed by atoms with Crippen LogP contribution >= 0.6 is 0 Å². The molecule has 0 saturated heterocycles. The molecule has 0 radical (unpaired) electrons. The molecule has 1 fully saturated rings. The first-order valence-electron chi connectivity index (χ1n) is 25.1. The van der Waals surface area contributed by atoms with E-state index < -0.39 is 35.6 Å². The van der Waals surface area contributed by atoms with Crippen LogP contribution in [0.5, 0.6) is 28.7 Å². The highest BCUT2D eigenvalue weighted by Crippen LogP contribution is 2.58. The maximum absolute atomic E-state index is 11.3. The lowest BCUT2D eigenvalue weighted by Crippen LogP contribution is -2.62. The van der Waals surface area contributed by atoms with Crippen LogP contribution in [0.4, 0.5) is 0 Å². The summed E-state index contributed by atoms with van der Waals surface area (Å²) in [6.07, 6.45) is 8.12. The fourth-order valence-electron chi connectivity index (χ4n) is 11.9. The highest BCUT2D eigenvalue weighted by Gasteiger charge is 2.55. The first-order chi connectivity index (χ1) is 33.4. The largest absolute Gasteiger partial charge is 0.508 e. The zero-order valence-electron chi connectivity index (χ0n) is 40.1. The average molecular weight is 941 g/mol. The van der Waals surface area contributed by atoms with Crippen molar-refractivity contribution in [3.8, 4) is 51.7 Å². The number of hydrogen-bond donors (Lipinski definition) is 9. The molecule has 0 unspecified atom stereocenters. The molecule has 7 atom stereocenters. The number of phenolic OH excluding ortho intramolecular Hbond substituents is 2. The molecule has 0 spiro atoms. The van der Waals surface area contributed by atoms with Crippen LogP contribution in [0.2, 0.25) is 0 Å². The van der Waals surface area contributed by atoms with Crippen molar-refractivity contribution in [1.82, 2.24) is 20.9 Å². The van der Waals surface area contributed by atoms with Gasteiger partial charge in [-0.15, -0.1) is 0 Å². The lowest BCUT2D eigenvalue weighted by atomic mass is 9.69. The van der Waals surface area contributed by atoms with Gasteiger partial charge in [0, 0.05) is 60.5 Å². The highest BCUT2D eigenvalue weighted by atomic mass is 16.6. The minimum Gasteiger partial charge on any atom is -0.508 e. The van der Waals surface area contributed by atoms with Gasteiger partial charge in [-0.2, -0.15) is 0 Å². The normalized spacial score (nSPS) is 24.8. The van der Waals surface area contributed by atoms with Gasteiger partial charge in [0.1, 0.15) is 41.1 Å². The van der Waals surface area contributed by atoms with Gasteiger partial charge in [0.25, 0.3) is 0 Å². The molecule has 3 aliphatic heterocycles. The molecule has 69 heavy (non-hydrogen) atoms. The van der Waals surface area contributed by atoms with Gasteiger partial charge in [0.05, 0.1) is 25.5 Å². The summed E-state index contributed by atoms with van der Waals surface area (Å²) in [7, 11) is 0. The van der Waals surface area contributed by atoms with Gasteiger partial charge in [0.15, 0.2) is 17.6 Å².